The third kappa shape index (κ3) is 5.80. The zero-order chi connectivity index (χ0) is 12.3. The van der Waals surface area contributed by atoms with E-state index in [1.54, 1.807) is 7.05 Å². The molecule has 0 atom stereocenters. The zero-order valence-corrected chi connectivity index (χ0v) is 10.6. The summed E-state index contributed by atoms with van der Waals surface area (Å²) in [6.07, 6.45) is 0.944. The lowest BCUT2D eigenvalue weighted by molar-refractivity contribution is 0.311. The smallest absolute Gasteiger partial charge is 0.190 e. The van der Waals surface area contributed by atoms with Gasteiger partial charge in [0.05, 0.1) is 6.61 Å². The fraction of sp³-hybridized carbons (Fsp3) is 0.462. The number of benzene rings is 1. The summed E-state index contributed by atoms with van der Waals surface area (Å²) in [7, 11) is 1.77. The van der Waals surface area contributed by atoms with Crippen molar-refractivity contribution in [1.29, 1.82) is 0 Å². The maximum Gasteiger partial charge on any atom is 0.190 e. The molecule has 0 saturated carbocycles. The van der Waals surface area contributed by atoms with Crippen LogP contribution >= 0.6 is 0 Å². The molecule has 0 radical (unpaired) electrons. The summed E-state index contributed by atoms with van der Waals surface area (Å²) < 4.78 is 5.58. The Morgan fingerprint density at radius 2 is 2.00 bits per heavy atom. The van der Waals surface area contributed by atoms with E-state index in [1.807, 2.05) is 37.3 Å². The van der Waals surface area contributed by atoms with Crippen molar-refractivity contribution >= 4 is 5.96 Å². The second-order valence-electron chi connectivity index (χ2n) is 3.54. The molecule has 0 bridgehead atoms. The van der Waals surface area contributed by atoms with Crippen LogP contribution in [-0.4, -0.2) is 32.7 Å². The van der Waals surface area contributed by atoms with E-state index in [4.69, 9.17) is 4.74 Å². The molecule has 4 nitrogen and oxygen atoms in total. The van der Waals surface area contributed by atoms with Crippen molar-refractivity contribution in [2.75, 3.05) is 26.7 Å². The maximum atomic E-state index is 5.58. The minimum atomic E-state index is 0.708. The molecule has 0 amide bonds. The molecule has 0 aliphatic heterocycles. The number of guanidine groups is 1. The Morgan fingerprint density at radius 3 is 2.65 bits per heavy atom. The molecule has 0 spiro atoms. The largest absolute Gasteiger partial charge is 0.494 e. The molecule has 1 aromatic rings. The van der Waals surface area contributed by atoms with Crippen LogP contribution in [0.4, 0.5) is 0 Å². The molecule has 94 valence electrons. The third-order valence-electron chi connectivity index (χ3n) is 2.19. The van der Waals surface area contributed by atoms with Gasteiger partial charge in [0.1, 0.15) is 5.75 Å². The predicted molar refractivity (Wildman–Crippen MR) is 71.6 cm³/mol. The lowest BCUT2D eigenvalue weighted by Gasteiger charge is -2.10. The van der Waals surface area contributed by atoms with Gasteiger partial charge in [-0.1, -0.05) is 18.2 Å². The third-order valence-corrected chi connectivity index (χ3v) is 2.19. The number of hydrogen-bond acceptors (Lipinski definition) is 2. The molecule has 0 heterocycles. The maximum absolute atomic E-state index is 5.58. The summed E-state index contributed by atoms with van der Waals surface area (Å²) in [6.45, 7) is 4.48. The molecule has 17 heavy (non-hydrogen) atoms. The van der Waals surface area contributed by atoms with Crippen LogP contribution in [0.5, 0.6) is 5.75 Å². The highest BCUT2D eigenvalue weighted by Gasteiger charge is 1.95. The van der Waals surface area contributed by atoms with Crippen LogP contribution in [0, 0.1) is 0 Å². The van der Waals surface area contributed by atoms with Gasteiger partial charge in [-0.2, -0.15) is 0 Å². The highest BCUT2D eigenvalue weighted by Crippen LogP contribution is 2.07. The molecule has 4 heteroatoms. The highest BCUT2D eigenvalue weighted by atomic mass is 16.5. The Balaban J connectivity index is 2.09. The van der Waals surface area contributed by atoms with E-state index in [1.165, 1.54) is 0 Å². The first-order chi connectivity index (χ1) is 8.36. The molecule has 0 aromatic heterocycles. The molecule has 2 N–H and O–H groups in total. The molecule has 1 rings (SSSR count). The van der Waals surface area contributed by atoms with Gasteiger partial charge in [0, 0.05) is 20.1 Å². The Kier molecular flexibility index (Phi) is 6.63. The van der Waals surface area contributed by atoms with E-state index >= 15 is 0 Å². The fourth-order valence-corrected chi connectivity index (χ4v) is 1.37. The Labute approximate surface area is 103 Å². The van der Waals surface area contributed by atoms with Gasteiger partial charge < -0.3 is 15.4 Å². The van der Waals surface area contributed by atoms with E-state index in [9.17, 15) is 0 Å². The van der Waals surface area contributed by atoms with E-state index in [0.29, 0.717) is 6.61 Å². The van der Waals surface area contributed by atoms with Crippen molar-refractivity contribution in [1.82, 2.24) is 10.6 Å². The van der Waals surface area contributed by atoms with Gasteiger partial charge in [0.25, 0.3) is 0 Å². The number of para-hydroxylation sites is 1. The summed E-state index contributed by atoms with van der Waals surface area (Å²) in [4.78, 5) is 4.09. The van der Waals surface area contributed by atoms with Crippen LogP contribution in [0.1, 0.15) is 13.3 Å². The monoisotopic (exact) mass is 235 g/mol. The van der Waals surface area contributed by atoms with Crippen molar-refractivity contribution in [2.45, 2.75) is 13.3 Å². The van der Waals surface area contributed by atoms with Crippen LogP contribution in [-0.2, 0) is 0 Å². The molecule has 1 aromatic carbocycles. The van der Waals surface area contributed by atoms with Gasteiger partial charge >= 0.3 is 0 Å². The average molecular weight is 235 g/mol. The highest BCUT2D eigenvalue weighted by molar-refractivity contribution is 5.79. The van der Waals surface area contributed by atoms with Crippen molar-refractivity contribution in [2.24, 2.45) is 4.99 Å². The first-order valence-corrected chi connectivity index (χ1v) is 5.99. The van der Waals surface area contributed by atoms with Gasteiger partial charge in [0.2, 0.25) is 0 Å². The van der Waals surface area contributed by atoms with Gasteiger partial charge in [-0.05, 0) is 25.5 Å². The number of hydrogen-bond donors (Lipinski definition) is 2. The molecular weight excluding hydrogens is 214 g/mol. The summed E-state index contributed by atoms with van der Waals surface area (Å²) >= 11 is 0. The van der Waals surface area contributed by atoms with Crippen LogP contribution in [0.2, 0.25) is 0 Å². The average Bonchev–Trinajstić information content (AvgIpc) is 2.38. The SMILES string of the molecule is CCNC(=NC)NCCCOc1ccccc1. The number of aliphatic imine (C=N–C) groups is 1. The number of nitrogens with zero attached hydrogens (tertiary/aromatic N) is 1. The molecule has 0 fully saturated rings. The lowest BCUT2D eigenvalue weighted by Crippen LogP contribution is -2.37. The normalized spacial score (nSPS) is 11.1. The van der Waals surface area contributed by atoms with E-state index in [0.717, 1.165) is 31.2 Å². The Bertz CT molecular complexity index is 325. The quantitative estimate of drug-likeness (QED) is 0.447. The summed E-state index contributed by atoms with van der Waals surface area (Å²) in [5, 5.41) is 6.35. The van der Waals surface area contributed by atoms with Gasteiger partial charge in [-0.25, -0.2) is 0 Å². The van der Waals surface area contributed by atoms with Crippen LogP contribution in [0.3, 0.4) is 0 Å². The molecule has 0 aliphatic carbocycles. The van der Waals surface area contributed by atoms with Crippen molar-refractivity contribution in [3.8, 4) is 5.75 Å². The zero-order valence-electron chi connectivity index (χ0n) is 10.6. The number of nitrogens with one attached hydrogen (secondary N) is 2. The predicted octanol–water partition coefficient (Wildman–Crippen LogP) is 1.64. The minimum Gasteiger partial charge on any atom is -0.494 e. The summed E-state index contributed by atoms with van der Waals surface area (Å²) in [6, 6.07) is 9.85. The molecule has 0 aliphatic rings. The van der Waals surface area contributed by atoms with E-state index in [2.05, 4.69) is 15.6 Å². The van der Waals surface area contributed by atoms with Crippen LogP contribution < -0.4 is 15.4 Å². The summed E-state index contributed by atoms with van der Waals surface area (Å²) in [5.74, 6) is 1.76. The molecule has 0 unspecified atom stereocenters. The topological polar surface area (TPSA) is 45.7 Å². The minimum absolute atomic E-state index is 0.708. The fourth-order valence-electron chi connectivity index (χ4n) is 1.37. The first-order valence-electron chi connectivity index (χ1n) is 5.99. The standard InChI is InChI=1S/C13H21N3O/c1-3-15-13(14-2)16-10-7-11-17-12-8-5-4-6-9-12/h4-6,8-9H,3,7,10-11H2,1-2H3,(H2,14,15,16). The van der Waals surface area contributed by atoms with Crippen LogP contribution in [0.25, 0.3) is 0 Å². The van der Waals surface area contributed by atoms with Gasteiger partial charge in [-0.3, -0.25) is 4.99 Å². The molecule has 0 saturated heterocycles. The second kappa shape index (κ2) is 8.44. The van der Waals surface area contributed by atoms with Gasteiger partial charge in [0.15, 0.2) is 5.96 Å². The Hall–Kier alpha value is -1.71. The van der Waals surface area contributed by atoms with E-state index in [-0.39, 0.29) is 0 Å². The summed E-state index contributed by atoms with van der Waals surface area (Å²) in [5.41, 5.74) is 0. The lowest BCUT2D eigenvalue weighted by atomic mass is 10.3. The van der Waals surface area contributed by atoms with Crippen molar-refractivity contribution in [3.63, 3.8) is 0 Å². The van der Waals surface area contributed by atoms with Crippen LogP contribution in [0.15, 0.2) is 35.3 Å². The van der Waals surface area contributed by atoms with Crippen molar-refractivity contribution in [3.05, 3.63) is 30.3 Å². The first kappa shape index (κ1) is 13.4. The van der Waals surface area contributed by atoms with E-state index < -0.39 is 0 Å². The molecular formula is C13H21N3O. The van der Waals surface area contributed by atoms with Crippen molar-refractivity contribution < 1.29 is 4.74 Å². The Morgan fingerprint density at radius 1 is 1.24 bits per heavy atom. The second-order valence-corrected chi connectivity index (χ2v) is 3.54. The van der Waals surface area contributed by atoms with Gasteiger partial charge in [-0.15, -0.1) is 0 Å². The number of rotatable bonds is 6. The number of ether oxygens (including phenoxy) is 1.